The number of ether oxygens (including phenoxy) is 1. The van der Waals surface area contributed by atoms with Crippen LogP contribution in [0.3, 0.4) is 0 Å². The van der Waals surface area contributed by atoms with E-state index in [2.05, 4.69) is 0 Å². The second-order valence-electron chi connectivity index (χ2n) is 2.42. The molecule has 1 rings (SSSR count). The molecule has 0 saturated heterocycles. The van der Waals surface area contributed by atoms with Gasteiger partial charge >= 0.3 is 0 Å². The molecule has 0 spiro atoms. The van der Waals surface area contributed by atoms with Crippen molar-refractivity contribution >= 4 is 11.1 Å². The Bertz CT molecular complexity index is 327. The Morgan fingerprint density at radius 1 is 1.62 bits per heavy atom. The molecular formula is C8H9FO3S. The van der Waals surface area contributed by atoms with Crippen LogP contribution in [0.1, 0.15) is 5.56 Å². The van der Waals surface area contributed by atoms with Crippen LogP contribution in [0.25, 0.3) is 0 Å². The summed E-state index contributed by atoms with van der Waals surface area (Å²) in [6.45, 7) is 0. The van der Waals surface area contributed by atoms with E-state index in [1.165, 1.54) is 25.3 Å². The van der Waals surface area contributed by atoms with Crippen molar-refractivity contribution in [2.24, 2.45) is 0 Å². The van der Waals surface area contributed by atoms with Gasteiger partial charge in [-0.1, -0.05) is 0 Å². The lowest BCUT2D eigenvalue weighted by Crippen LogP contribution is -1.97. The third-order valence-electron chi connectivity index (χ3n) is 1.52. The van der Waals surface area contributed by atoms with Crippen molar-refractivity contribution in [1.82, 2.24) is 0 Å². The highest BCUT2D eigenvalue weighted by atomic mass is 32.2. The lowest BCUT2D eigenvalue weighted by molar-refractivity contribution is 0.409. The highest BCUT2D eigenvalue weighted by Gasteiger charge is 2.06. The number of methoxy groups -OCH3 is 1. The summed E-state index contributed by atoms with van der Waals surface area (Å²) in [6, 6.07) is 3.85. The molecule has 0 fully saturated rings. The zero-order valence-corrected chi connectivity index (χ0v) is 7.81. The summed E-state index contributed by atoms with van der Waals surface area (Å²) in [5, 5.41) is 0. The molecule has 3 nitrogen and oxygen atoms in total. The lowest BCUT2D eigenvalue weighted by Gasteiger charge is -2.05. The minimum atomic E-state index is -1.98. The molecule has 0 radical (unpaired) electrons. The van der Waals surface area contributed by atoms with E-state index in [9.17, 15) is 8.60 Å². The summed E-state index contributed by atoms with van der Waals surface area (Å²) in [6.07, 6.45) is 0. The average molecular weight is 204 g/mol. The van der Waals surface area contributed by atoms with Crippen molar-refractivity contribution in [3.8, 4) is 5.75 Å². The molecule has 13 heavy (non-hydrogen) atoms. The fourth-order valence-corrected chi connectivity index (χ4v) is 1.48. The maximum absolute atomic E-state index is 12.7. The summed E-state index contributed by atoms with van der Waals surface area (Å²) in [5.41, 5.74) is 0.392. The number of hydrogen-bond donors (Lipinski definition) is 1. The smallest absolute Gasteiger partial charge is 0.157 e. The van der Waals surface area contributed by atoms with Gasteiger partial charge in [0, 0.05) is 5.56 Å². The predicted octanol–water partition coefficient (Wildman–Crippen LogP) is 1.56. The van der Waals surface area contributed by atoms with Crippen LogP contribution < -0.4 is 4.74 Å². The Morgan fingerprint density at radius 3 is 2.85 bits per heavy atom. The summed E-state index contributed by atoms with van der Waals surface area (Å²) >= 11 is -1.98. The summed E-state index contributed by atoms with van der Waals surface area (Å²) in [5.74, 6) is -0.147. The van der Waals surface area contributed by atoms with Gasteiger partial charge in [0.2, 0.25) is 0 Å². The standard InChI is InChI=1S/C8H9FO3S/c1-12-8-3-2-7(9)4-6(8)5-13(10)11/h2-4H,5H2,1H3,(H,10,11). The van der Waals surface area contributed by atoms with E-state index in [4.69, 9.17) is 9.29 Å². The number of rotatable bonds is 3. The number of hydrogen-bond acceptors (Lipinski definition) is 2. The maximum atomic E-state index is 12.7. The van der Waals surface area contributed by atoms with Crippen molar-refractivity contribution in [3.63, 3.8) is 0 Å². The fourth-order valence-electron chi connectivity index (χ4n) is 0.993. The van der Waals surface area contributed by atoms with Crippen molar-refractivity contribution in [2.75, 3.05) is 7.11 Å². The normalized spacial score (nSPS) is 12.5. The Labute approximate surface area is 77.8 Å². The first kappa shape index (κ1) is 10.1. The topological polar surface area (TPSA) is 46.5 Å². The van der Waals surface area contributed by atoms with Crippen LogP contribution in [0, 0.1) is 5.82 Å². The minimum Gasteiger partial charge on any atom is -0.496 e. The first-order valence-corrected chi connectivity index (χ1v) is 4.81. The van der Waals surface area contributed by atoms with Gasteiger partial charge in [0.25, 0.3) is 0 Å². The molecule has 5 heteroatoms. The third kappa shape index (κ3) is 2.78. The SMILES string of the molecule is COc1ccc(F)cc1CS(=O)O. The first-order chi connectivity index (χ1) is 6.13. The Kier molecular flexibility index (Phi) is 3.39. The van der Waals surface area contributed by atoms with Crippen LogP contribution in [0.15, 0.2) is 18.2 Å². The van der Waals surface area contributed by atoms with E-state index in [1.54, 1.807) is 0 Å². The Morgan fingerprint density at radius 2 is 2.31 bits per heavy atom. The van der Waals surface area contributed by atoms with Gasteiger partial charge in [0.05, 0.1) is 12.9 Å². The van der Waals surface area contributed by atoms with E-state index in [-0.39, 0.29) is 5.75 Å². The largest absolute Gasteiger partial charge is 0.496 e. The maximum Gasteiger partial charge on any atom is 0.157 e. The van der Waals surface area contributed by atoms with Crippen LogP contribution in [-0.4, -0.2) is 15.9 Å². The van der Waals surface area contributed by atoms with Gasteiger partial charge in [-0.05, 0) is 18.2 Å². The van der Waals surface area contributed by atoms with E-state index in [0.717, 1.165) is 0 Å². The second kappa shape index (κ2) is 4.34. The van der Waals surface area contributed by atoms with Crippen LogP contribution in [0.5, 0.6) is 5.75 Å². The Balaban J connectivity index is 3.01. The molecule has 1 atom stereocenters. The molecule has 1 N–H and O–H groups in total. The molecule has 1 aromatic carbocycles. The molecule has 1 unspecified atom stereocenters. The van der Waals surface area contributed by atoms with E-state index in [1.807, 2.05) is 0 Å². The van der Waals surface area contributed by atoms with Gasteiger partial charge in [-0.3, -0.25) is 0 Å². The minimum absolute atomic E-state index is 0.124. The molecule has 0 aliphatic carbocycles. The van der Waals surface area contributed by atoms with Crippen molar-refractivity contribution in [3.05, 3.63) is 29.6 Å². The lowest BCUT2D eigenvalue weighted by atomic mass is 10.2. The molecule has 0 aliphatic rings. The van der Waals surface area contributed by atoms with Crippen LogP contribution in [-0.2, 0) is 16.8 Å². The first-order valence-electron chi connectivity index (χ1n) is 3.53. The van der Waals surface area contributed by atoms with Crippen LogP contribution in [0.2, 0.25) is 0 Å². The summed E-state index contributed by atoms with van der Waals surface area (Å²) in [7, 11) is 1.43. The highest BCUT2D eigenvalue weighted by molar-refractivity contribution is 7.78. The molecule has 0 amide bonds. The number of benzene rings is 1. The molecule has 0 aromatic heterocycles. The monoisotopic (exact) mass is 204 g/mol. The van der Waals surface area contributed by atoms with Gasteiger partial charge in [-0.15, -0.1) is 0 Å². The number of halogens is 1. The summed E-state index contributed by atoms with van der Waals surface area (Å²) in [4.78, 5) is 0. The predicted molar refractivity (Wildman–Crippen MR) is 47.4 cm³/mol. The molecule has 0 saturated carbocycles. The van der Waals surface area contributed by atoms with Crippen molar-refractivity contribution in [1.29, 1.82) is 0 Å². The van der Waals surface area contributed by atoms with Gasteiger partial charge in [-0.2, -0.15) is 0 Å². The van der Waals surface area contributed by atoms with E-state index >= 15 is 0 Å². The van der Waals surface area contributed by atoms with Crippen LogP contribution in [0.4, 0.5) is 4.39 Å². The Hall–Kier alpha value is -0.940. The third-order valence-corrected chi connectivity index (χ3v) is 2.08. The quantitative estimate of drug-likeness (QED) is 0.760. The van der Waals surface area contributed by atoms with Crippen molar-refractivity contribution < 1.29 is 17.9 Å². The fraction of sp³-hybridized carbons (Fsp3) is 0.250. The molecule has 0 bridgehead atoms. The van der Waals surface area contributed by atoms with Gasteiger partial charge in [0.15, 0.2) is 11.1 Å². The van der Waals surface area contributed by atoms with E-state index < -0.39 is 16.9 Å². The van der Waals surface area contributed by atoms with Gasteiger partial charge in [-0.25, -0.2) is 8.60 Å². The van der Waals surface area contributed by atoms with Crippen LogP contribution >= 0.6 is 0 Å². The van der Waals surface area contributed by atoms with Crippen molar-refractivity contribution in [2.45, 2.75) is 5.75 Å². The molecule has 0 heterocycles. The zero-order chi connectivity index (χ0) is 9.84. The van der Waals surface area contributed by atoms with Gasteiger partial charge in [0.1, 0.15) is 11.6 Å². The molecule has 72 valence electrons. The molecule has 1 aromatic rings. The van der Waals surface area contributed by atoms with Gasteiger partial charge < -0.3 is 9.29 Å². The van der Waals surface area contributed by atoms with E-state index in [0.29, 0.717) is 11.3 Å². The average Bonchev–Trinajstić information content (AvgIpc) is 2.03. The molecule has 0 aliphatic heterocycles. The highest BCUT2D eigenvalue weighted by Crippen LogP contribution is 2.20. The zero-order valence-electron chi connectivity index (χ0n) is 6.99. The summed E-state index contributed by atoms with van der Waals surface area (Å²) < 4.78 is 36.7. The second-order valence-corrected chi connectivity index (χ2v) is 3.35. The molecular weight excluding hydrogens is 195 g/mol.